The second kappa shape index (κ2) is 11.1. The number of allylic oxidation sites excluding steroid dienone is 2. The zero-order valence-electron chi connectivity index (χ0n) is 26.4. The lowest BCUT2D eigenvalue weighted by atomic mass is 9.70. The lowest BCUT2D eigenvalue weighted by Gasteiger charge is -2.42. The van der Waals surface area contributed by atoms with Gasteiger partial charge in [-0.05, 0) is 75.0 Å². The Morgan fingerprint density at radius 1 is 1.34 bits per heavy atom. The summed E-state index contributed by atoms with van der Waals surface area (Å²) in [6.45, 7) is 4.27. The predicted molar refractivity (Wildman–Crippen MR) is 160 cm³/mol. The maximum absolute atomic E-state index is 12.6. The second-order valence-electron chi connectivity index (χ2n) is 11.6. The van der Waals surface area contributed by atoms with Gasteiger partial charge in [0.1, 0.15) is 12.4 Å². The van der Waals surface area contributed by atoms with Gasteiger partial charge in [0.05, 0.1) is 24.2 Å². The number of piperazine rings is 1. The molecule has 6 rings (SSSR count). The Morgan fingerprint density at radius 2 is 2.22 bits per heavy atom. The molecule has 1 unspecified atom stereocenters. The number of aromatic nitrogens is 2. The van der Waals surface area contributed by atoms with Gasteiger partial charge in [0, 0.05) is 52.2 Å². The van der Waals surface area contributed by atoms with Gasteiger partial charge in [-0.3, -0.25) is 4.79 Å². The van der Waals surface area contributed by atoms with Crippen molar-refractivity contribution in [3.8, 4) is 12.1 Å². The number of benzene rings is 1. The van der Waals surface area contributed by atoms with Gasteiger partial charge in [-0.15, -0.1) is 0 Å². The summed E-state index contributed by atoms with van der Waals surface area (Å²) < 4.78 is 31.1. The number of likely N-dealkylation sites (tertiary alicyclic amines) is 1. The number of rotatable bonds is 6. The number of amides is 1. The summed E-state index contributed by atoms with van der Waals surface area (Å²) in [5.41, 5.74) is 3.08. The lowest BCUT2D eigenvalue weighted by molar-refractivity contribution is -0.128. The van der Waals surface area contributed by atoms with E-state index >= 15 is 0 Å². The van der Waals surface area contributed by atoms with Crippen LogP contribution in [0.5, 0.6) is 6.01 Å². The Morgan fingerprint density at radius 3 is 2.98 bits per heavy atom. The second-order valence-corrected chi connectivity index (χ2v) is 12.0. The molecule has 2 fully saturated rings. The van der Waals surface area contributed by atoms with E-state index in [0.29, 0.717) is 67.7 Å². The van der Waals surface area contributed by atoms with Crippen LogP contribution in [0.4, 0.5) is 5.82 Å². The first-order valence-corrected chi connectivity index (χ1v) is 14.7. The van der Waals surface area contributed by atoms with Gasteiger partial charge >= 0.3 is 6.01 Å². The standard InChI is InChI=1S/C32H37ClN6O2/c1-4-28(40)39-16-15-38(19-22(39)11-13-34)30-24-10-12-32(17-21(2)29-25(32)8-5-9-26(29)33)18-27(24)35-31(36-30)41-20-23-7-6-14-37(23)3/h4-5,8-9,17,22-23H,1,6-7,10-12,14-16,18-20H2,2-3H3/t22-,23-,32?/m0/s1/i2D3. The third-order valence-electron chi connectivity index (χ3n) is 9.24. The Balaban J connectivity index is 1.39. The molecule has 8 nitrogen and oxygen atoms in total. The molecule has 9 heteroatoms. The molecule has 3 heterocycles. The molecule has 1 aromatic heterocycles. The molecular formula is C32H37ClN6O2. The number of carbonyl (C=O) groups is 1. The average molecular weight is 576 g/mol. The minimum atomic E-state index is -2.31. The van der Waals surface area contributed by atoms with Crippen molar-refractivity contribution in [1.82, 2.24) is 19.8 Å². The van der Waals surface area contributed by atoms with Crippen LogP contribution >= 0.6 is 11.6 Å². The molecular weight excluding hydrogens is 536 g/mol. The van der Waals surface area contributed by atoms with Crippen LogP contribution in [0.25, 0.3) is 5.57 Å². The highest BCUT2D eigenvalue weighted by Gasteiger charge is 2.43. The van der Waals surface area contributed by atoms with Crippen molar-refractivity contribution in [3.63, 3.8) is 0 Å². The first kappa shape index (κ1) is 24.2. The van der Waals surface area contributed by atoms with Gasteiger partial charge in [0.2, 0.25) is 5.91 Å². The van der Waals surface area contributed by atoms with E-state index in [1.807, 2.05) is 18.2 Å². The SMILES string of the molecule is [2H]C([2H])([2H])C1=CC2(CCc3c(nc(OC[C@@H]4CCCN4C)nc3N3CCN(C(=O)C=C)[C@@H](CC#N)C3)C2)c2cccc(Cl)c21. The number of hydrogen-bond acceptors (Lipinski definition) is 7. The molecule has 0 N–H and O–H groups in total. The number of carbonyl (C=O) groups excluding carboxylic acids is 1. The van der Waals surface area contributed by atoms with Crippen LogP contribution in [0.3, 0.4) is 0 Å². The summed E-state index contributed by atoms with van der Waals surface area (Å²) in [6.07, 6.45) is 7.35. The van der Waals surface area contributed by atoms with Gasteiger partial charge in [0.25, 0.3) is 0 Å². The molecule has 2 aliphatic heterocycles. The van der Waals surface area contributed by atoms with E-state index < -0.39 is 12.3 Å². The molecule has 4 aliphatic rings. The molecule has 2 saturated heterocycles. The van der Waals surface area contributed by atoms with Crippen LogP contribution in [0.15, 0.2) is 36.9 Å². The molecule has 41 heavy (non-hydrogen) atoms. The highest BCUT2D eigenvalue weighted by Crippen LogP contribution is 2.50. The van der Waals surface area contributed by atoms with E-state index in [4.69, 9.17) is 30.4 Å². The first-order valence-electron chi connectivity index (χ1n) is 15.8. The molecule has 2 aliphatic carbocycles. The fourth-order valence-electron chi connectivity index (χ4n) is 7.05. The van der Waals surface area contributed by atoms with E-state index in [1.54, 1.807) is 11.0 Å². The monoisotopic (exact) mass is 575 g/mol. The van der Waals surface area contributed by atoms with Crippen LogP contribution in [-0.2, 0) is 23.1 Å². The number of halogens is 1. The first-order chi connectivity index (χ1) is 21.0. The summed E-state index contributed by atoms with van der Waals surface area (Å²) in [7, 11) is 2.10. The zero-order valence-corrected chi connectivity index (χ0v) is 24.2. The number of anilines is 1. The van der Waals surface area contributed by atoms with E-state index in [2.05, 4.69) is 29.5 Å². The zero-order chi connectivity index (χ0) is 31.2. The van der Waals surface area contributed by atoms with Crippen LogP contribution in [0.2, 0.25) is 5.02 Å². The van der Waals surface area contributed by atoms with Gasteiger partial charge < -0.3 is 19.4 Å². The summed E-state index contributed by atoms with van der Waals surface area (Å²) >= 11 is 6.62. The Hall–Kier alpha value is -3.41. The van der Waals surface area contributed by atoms with Crippen molar-refractivity contribution in [2.24, 2.45) is 0 Å². The van der Waals surface area contributed by atoms with E-state index in [0.717, 1.165) is 42.0 Å². The quantitative estimate of drug-likeness (QED) is 0.467. The van der Waals surface area contributed by atoms with Crippen molar-refractivity contribution in [2.45, 2.75) is 62.9 Å². The average Bonchev–Trinajstić information content (AvgIpc) is 3.56. The van der Waals surface area contributed by atoms with Crippen LogP contribution in [-0.4, -0.2) is 77.6 Å². The van der Waals surface area contributed by atoms with E-state index in [1.165, 1.54) is 6.08 Å². The minimum absolute atomic E-state index is 0.184. The molecule has 3 atom stereocenters. The van der Waals surface area contributed by atoms with Gasteiger partial charge in [0.15, 0.2) is 0 Å². The third-order valence-corrected chi connectivity index (χ3v) is 9.55. The molecule has 2 aromatic rings. The summed E-state index contributed by atoms with van der Waals surface area (Å²) in [6, 6.07) is 8.12. The van der Waals surface area contributed by atoms with Crippen molar-refractivity contribution in [3.05, 3.63) is 64.3 Å². The number of fused-ring (bicyclic) bond motifs is 3. The molecule has 0 bridgehead atoms. The van der Waals surface area contributed by atoms with Crippen LogP contribution in [0.1, 0.15) is 59.0 Å². The van der Waals surface area contributed by atoms with Crippen molar-refractivity contribution in [2.75, 3.05) is 44.7 Å². The number of hydrogen-bond donors (Lipinski definition) is 0. The van der Waals surface area contributed by atoms with Crippen molar-refractivity contribution >= 4 is 28.9 Å². The Kier molecular flexibility index (Phi) is 6.56. The van der Waals surface area contributed by atoms with E-state index in [9.17, 15) is 10.1 Å². The summed E-state index contributed by atoms with van der Waals surface area (Å²) in [5.74, 6) is 0.578. The topological polar surface area (TPSA) is 85.6 Å². The highest BCUT2D eigenvalue weighted by molar-refractivity contribution is 6.32. The molecule has 1 spiro atoms. The highest BCUT2D eigenvalue weighted by atomic mass is 35.5. The Labute approximate surface area is 251 Å². The fourth-order valence-corrected chi connectivity index (χ4v) is 7.32. The number of nitrogens with zero attached hydrogens (tertiary/aromatic N) is 6. The number of likely N-dealkylation sites (N-methyl/N-ethyl adjacent to an activating group) is 1. The van der Waals surface area contributed by atoms with Crippen molar-refractivity contribution < 1.29 is 13.6 Å². The van der Waals surface area contributed by atoms with Gasteiger partial charge in [-0.1, -0.05) is 36.4 Å². The van der Waals surface area contributed by atoms with Gasteiger partial charge in [-0.25, -0.2) is 0 Å². The molecule has 0 radical (unpaired) electrons. The molecule has 1 amide bonds. The largest absolute Gasteiger partial charge is 0.462 e. The third kappa shape index (κ3) is 5.00. The van der Waals surface area contributed by atoms with Crippen LogP contribution in [0, 0.1) is 11.3 Å². The maximum Gasteiger partial charge on any atom is 0.318 e. The predicted octanol–water partition coefficient (Wildman–Crippen LogP) is 4.56. The minimum Gasteiger partial charge on any atom is -0.462 e. The molecule has 0 saturated carbocycles. The number of ether oxygens (including phenoxy) is 1. The van der Waals surface area contributed by atoms with Gasteiger partial charge in [-0.2, -0.15) is 15.2 Å². The normalized spacial score (nSPS) is 26.9. The lowest BCUT2D eigenvalue weighted by Crippen LogP contribution is -2.55. The maximum atomic E-state index is 12.6. The fraction of sp³-hybridized carbons (Fsp3) is 0.500. The smallest absolute Gasteiger partial charge is 0.318 e. The molecule has 1 aromatic carbocycles. The van der Waals surface area contributed by atoms with E-state index in [-0.39, 0.29) is 24.4 Å². The summed E-state index contributed by atoms with van der Waals surface area (Å²) in [5, 5.41) is 9.98. The molecule has 214 valence electrons. The Bertz CT molecular complexity index is 1560. The van der Waals surface area contributed by atoms with Crippen LogP contribution < -0.4 is 9.64 Å². The number of nitriles is 1. The van der Waals surface area contributed by atoms with Crippen molar-refractivity contribution in [1.29, 1.82) is 5.26 Å². The summed E-state index contributed by atoms with van der Waals surface area (Å²) in [4.78, 5) is 28.6.